The Labute approximate surface area is 95.6 Å². The Balaban J connectivity index is 1.96. The predicted molar refractivity (Wildman–Crippen MR) is 60.4 cm³/mol. The lowest BCUT2D eigenvalue weighted by Crippen LogP contribution is -2.35. The van der Waals surface area contributed by atoms with E-state index >= 15 is 0 Å². The summed E-state index contributed by atoms with van der Waals surface area (Å²) in [5.74, 6) is 1.35. The van der Waals surface area contributed by atoms with E-state index in [-0.39, 0.29) is 0 Å². The average molecular weight is 222 g/mol. The molecule has 2 heterocycles. The van der Waals surface area contributed by atoms with Crippen molar-refractivity contribution in [3.8, 4) is 0 Å². The Bertz CT molecular complexity index is 349. The highest BCUT2D eigenvalue weighted by Gasteiger charge is 2.21. The maximum Gasteiger partial charge on any atom is 0.155 e. The van der Waals surface area contributed by atoms with Gasteiger partial charge in [-0.1, -0.05) is 12.1 Å². The number of hydrogen-bond donors (Lipinski definition) is 0. The number of aromatic nitrogens is 1. The summed E-state index contributed by atoms with van der Waals surface area (Å²) in [6.45, 7) is 5.60. The third-order valence-corrected chi connectivity index (χ3v) is 3.33. The smallest absolute Gasteiger partial charge is 0.155 e. The molecule has 1 aliphatic rings. The van der Waals surface area contributed by atoms with Gasteiger partial charge in [0.1, 0.15) is 5.76 Å². The van der Waals surface area contributed by atoms with E-state index in [4.69, 9.17) is 4.52 Å². The highest BCUT2D eigenvalue weighted by molar-refractivity contribution is 5.75. The first-order chi connectivity index (χ1) is 7.83. The molecule has 4 heteroatoms. The summed E-state index contributed by atoms with van der Waals surface area (Å²) >= 11 is 0. The van der Waals surface area contributed by atoms with E-state index in [0.717, 1.165) is 31.6 Å². The molecule has 1 fully saturated rings. The lowest BCUT2D eigenvalue weighted by atomic mass is 9.93. The molecule has 0 radical (unpaired) electrons. The van der Waals surface area contributed by atoms with Crippen LogP contribution in [-0.2, 0) is 6.42 Å². The van der Waals surface area contributed by atoms with Crippen LogP contribution in [0.25, 0.3) is 0 Å². The zero-order valence-corrected chi connectivity index (χ0v) is 9.69. The zero-order valence-electron chi connectivity index (χ0n) is 9.69. The summed E-state index contributed by atoms with van der Waals surface area (Å²) in [4.78, 5) is 13.2. The average Bonchev–Trinajstić information content (AvgIpc) is 2.76. The molecule has 0 amide bonds. The van der Waals surface area contributed by atoms with Crippen LogP contribution in [0.2, 0.25) is 0 Å². The molecule has 1 aliphatic heterocycles. The highest BCUT2D eigenvalue weighted by atomic mass is 16.5. The van der Waals surface area contributed by atoms with Gasteiger partial charge in [0.05, 0.1) is 11.8 Å². The Morgan fingerprint density at radius 3 is 3.31 bits per heavy atom. The van der Waals surface area contributed by atoms with Crippen LogP contribution in [0.15, 0.2) is 10.7 Å². The van der Waals surface area contributed by atoms with Crippen LogP contribution in [0.5, 0.6) is 0 Å². The molecule has 0 N–H and O–H groups in total. The summed E-state index contributed by atoms with van der Waals surface area (Å²) in [6.07, 6.45) is 5.62. The van der Waals surface area contributed by atoms with Crippen LogP contribution in [0.4, 0.5) is 0 Å². The monoisotopic (exact) mass is 222 g/mol. The minimum atomic E-state index is 0.598. The standard InChI is InChI=1S/C12H18N2O2/c1-2-14-5-3-4-10(8-14)6-12-11(9-15)7-13-16-12/h7,9-10H,2-6,8H2,1H3. The minimum Gasteiger partial charge on any atom is -0.361 e. The van der Waals surface area contributed by atoms with Crippen LogP contribution in [-0.4, -0.2) is 36.0 Å². The van der Waals surface area contributed by atoms with Crippen molar-refractivity contribution in [2.45, 2.75) is 26.2 Å². The Morgan fingerprint density at radius 1 is 1.69 bits per heavy atom. The van der Waals surface area contributed by atoms with Gasteiger partial charge in [0.2, 0.25) is 0 Å². The maximum absolute atomic E-state index is 10.7. The van der Waals surface area contributed by atoms with E-state index in [2.05, 4.69) is 17.0 Å². The van der Waals surface area contributed by atoms with Crippen LogP contribution in [0.1, 0.15) is 35.9 Å². The third kappa shape index (κ3) is 2.50. The molecule has 2 rings (SSSR count). The summed E-state index contributed by atoms with van der Waals surface area (Å²) in [6, 6.07) is 0. The van der Waals surface area contributed by atoms with Crippen LogP contribution in [0.3, 0.4) is 0 Å². The summed E-state index contributed by atoms with van der Waals surface area (Å²) < 4.78 is 5.13. The number of piperidine rings is 1. The van der Waals surface area contributed by atoms with Crippen molar-refractivity contribution in [2.24, 2.45) is 5.92 Å². The lowest BCUT2D eigenvalue weighted by Gasteiger charge is -2.31. The second kappa shape index (κ2) is 5.25. The molecule has 0 saturated carbocycles. The van der Waals surface area contributed by atoms with Gasteiger partial charge in [-0.3, -0.25) is 4.79 Å². The largest absolute Gasteiger partial charge is 0.361 e. The molecule has 1 aromatic heterocycles. The van der Waals surface area contributed by atoms with E-state index in [0.29, 0.717) is 11.5 Å². The van der Waals surface area contributed by atoms with Crippen molar-refractivity contribution in [3.63, 3.8) is 0 Å². The van der Waals surface area contributed by atoms with Gasteiger partial charge < -0.3 is 9.42 Å². The molecule has 88 valence electrons. The molecule has 1 saturated heterocycles. The van der Waals surface area contributed by atoms with E-state index < -0.39 is 0 Å². The van der Waals surface area contributed by atoms with E-state index in [1.165, 1.54) is 25.6 Å². The van der Waals surface area contributed by atoms with Gasteiger partial charge >= 0.3 is 0 Å². The number of hydrogen-bond acceptors (Lipinski definition) is 4. The molecule has 1 unspecified atom stereocenters. The number of rotatable bonds is 4. The van der Waals surface area contributed by atoms with Crippen molar-refractivity contribution in [1.29, 1.82) is 0 Å². The van der Waals surface area contributed by atoms with E-state index in [1.807, 2.05) is 0 Å². The predicted octanol–water partition coefficient (Wildman–Crippen LogP) is 1.76. The normalized spacial score (nSPS) is 22.2. The zero-order chi connectivity index (χ0) is 11.4. The van der Waals surface area contributed by atoms with Crippen LogP contribution < -0.4 is 0 Å². The quantitative estimate of drug-likeness (QED) is 0.728. The molecular formula is C12H18N2O2. The third-order valence-electron chi connectivity index (χ3n) is 3.33. The topological polar surface area (TPSA) is 46.3 Å². The second-order valence-corrected chi connectivity index (χ2v) is 4.43. The summed E-state index contributed by atoms with van der Waals surface area (Å²) in [7, 11) is 0. The van der Waals surface area contributed by atoms with Crippen molar-refractivity contribution in [3.05, 3.63) is 17.5 Å². The number of likely N-dealkylation sites (tertiary alicyclic amines) is 1. The second-order valence-electron chi connectivity index (χ2n) is 4.43. The molecule has 0 spiro atoms. The Morgan fingerprint density at radius 2 is 2.56 bits per heavy atom. The van der Waals surface area contributed by atoms with Gasteiger partial charge in [-0.05, 0) is 31.8 Å². The first-order valence-corrected chi connectivity index (χ1v) is 5.94. The minimum absolute atomic E-state index is 0.598. The van der Waals surface area contributed by atoms with Gasteiger partial charge in [-0.15, -0.1) is 0 Å². The number of nitrogens with zero attached hydrogens (tertiary/aromatic N) is 2. The molecule has 0 aromatic carbocycles. The van der Waals surface area contributed by atoms with Gasteiger partial charge in [-0.2, -0.15) is 0 Å². The summed E-state index contributed by atoms with van der Waals surface area (Å²) in [5.41, 5.74) is 0.605. The van der Waals surface area contributed by atoms with Gasteiger partial charge in [0, 0.05) is 13.0 Å². The fraction of sp³-hybridized carbons (Fsp3) is 0.667. The van der Waals surface area contributed by atoms with Crippen molar-refractivity contribution in [1.82, 2.24) is 10.1 Å². The van der Waals surface area contributed by atoms with Crippen molar-refractivity contribution < 1.29 is 9.32 Å². The first-order valence-electron chi connectivity index (χ1n) is 5.94. The highest BCUT2D eigenvalue weighted by Crippen LogP contribution is 2.21. The van der Waals surface area contributed by atoms with Crippen molar-refractivity contribution in [2.75, 3.05) is 19.6 Å². The van der Waals surface area contributed by atoms with Gasteiger partial charge in [0.25, 0.3) is 0 Å². The SMILES string of the molecule is CCN1CCCC(Cc2oncc2C=O)C1. The fourth-order valence-electron chi connectivity index (χ4n) is 2.39. The van der Waals surface area contributed by atoms with E-state index in [1.54, 1.807) is 0 Å². The van der Waals surface area contributed by atoms with Crippen LogP contribution in [0, 0.1) is 5.92 Å². The fourth-order valence-corrected chi connectivity index (χ4v) is 2.39. The Kier molecular flexibility index (Phi) is 3.72. The molecule has 0 bridgehead atoms. The molecule has 1 atom stereocenters. The Hall–Kier alpha value is -1.16. The number of aldehydes is 1. The van der Waals surface area contributed by atoms with E-state index in [9.17, 15) is 4.79 Å². The molecule has 0 aliphatic carbocycles. The molecule has 4 nitrogen and oxygen atoms in total. The van der Waals surface area contributed by atoms with Crippen molar-refractivity contribution >= 4 is 6.29 Å². The molecular weight excluding hydrogens is 204 g/mol. The lowest BCUT2D eigenvalue weighted by molar-refractivity contribution is 0.112. The number of carbonyl (C=O) groups excluding carboxylic acids is 1. The first kappa shape index (κ1) is 11.3. The summed E-state index contributed by atoms with van der Waals surface area (Å²) in [5, 5.41) is 3.68. The van der Waals surface area contributed by atoms with Gasteiger partial charge in [-0.25, -0.2) is 0 Å². The molecule has 16 heavy (non-hydrogen) atoms. The molecule has 1 aromatic rings. The van der Waals surface area contributed by atoms with Gasteiger partial charge in [0.15, 0.2) is 6.29 Å². The van der Waals surface area contributed by atoms with Crippen LogP contribution >= 0.6 is 0 Å². The maximum atomic E-state index is 10.7. The number of carbonyl (C=O) groups is 1.